The van der Waals surface area contributed by atoms with Gasteiger partial charge in [0.25, 0.3) is 0 Å². The van der Waals surface area contributed by atoms with E-state index in [4.69, 9.17) is 4.74 Å². The molecule has 2 aromatic carbocycles. The molecule has 1 N–H and O–H groups in total. The van der Waals surface area contributed by atoms with E-state index in [1.807, 2.05) is 41.0 Å². The van der Waals surface area contributed by atoms with Crippen LogP contribution in [0, 0.1) is 0 Å². The third-order valence-corrected chi connectivity index (χ3v) is 4.37. The van der Waals surface area contributed by atoms with Gasteiger partial charge in [0, 0.05) is 23.7 Å². The van der Waals surface area contributed by atoms with E-state index in [9.17, 15) is 14.4 Å². The molecule has 0 spiro atoms. The zero-order chi connectivity index (χ0) is 19.2. The Morgan fingerprint density at radius 1 is 1.00 bits per heavy atom. The number of nitrogens with one attached hydrogen (secondary N) is 1. The summed E-state index contributed by atoms with van der Waals surface area (Å²) < 4.78 is 6.72. The van der Waals surface area contributed by atoms with E-state index in [1.54, 1.807) is 19.1 Å². The molecule has 1 heterocycles. The van der Waals surface area contributed by atoms with Crippen molar-refractivity contribution in [3.8, 4) is 0 Å². The number of hydrogen-bond acceptors (Lipinski definition) is 4. The van der Waals surface area contributed by atoms with Gasteiger partial charge in [-0.1, -0.05) is 24.3 Å². The van der Waals surface area contributed by atoms with E-state index in [-0.39, 0.29) is 30.3 Å². The molecule has 27 heavy (non-hydrogen) atoms. The highest BCUT2D eigenvalue weighted by molar-refractivity contribution is 5.94. The number of rotatable bonds is 7. The monoisotopic (exact) mass is 366 g/mol. The molecule has 0 aliphatic carbocycles. The summed E-state index contributed by atoms with van der Waals surface area (Å²) in [6.07, 6.45) is 0.800. The molecule has 0 bridgehead atoms. The first kappa shape index (κ1) is 18.6. The van der Waals surface area contributed by atoms with Crippen LogP contribution >= 0.6 is 0 Å². The molecule has 0 fully saturated rings. The quantitative estimate of drug-likeness (QED) is 0.396. The number of ether oxygens (including phenoxy) is 1. The molecule has 0 radical (unpaired) electrons. The number of nitrogens with zero attached hydrogens (tertiary/aromatic N) is 1. The number of pyridine rings is 1. The van der Waals surface area contributed by atoms with Crippen molar-refractivity contribution in [3.05, 3.63) is 58.8 Å². The summed E-state index contributed by atoms with van der Waals surface area (Å²) in [4.78, 5) is 36.5. The van der Waals surface area contributed by atoms with E-state index in [0.29, 0.717) is 30.3 Å². The average Bonchev–Trinajstić information content (AvgIpc) is 2.69. The molecule has 0 atom stereocenters. The lowest BCUT2D eigenvalue weighted by molar-refractivity contribution is -0.143. The lowest BCUT2D eigenvalue weighted by atomic mass is 10.1. The van der Waals surface area contributed by atoms with Crippen LogP contribution in [0.1, 0.15) is 19.8 Å². The Hall–Kier alpha value is -3.15. The fourth-order valence-electron chi connectivity index (χ4n) is 3.14. The van der Waals surface area contributed by atoms with Crippen molar-refractivity contribution >= 4 is 33.7 Å². The van der Waals surface area contributed by atoms with Gasteiger partial charge in [-0.2, -0.15) is 0 Å². The van der Waals surface area contributed by atoms with Crippen molar-refractivity contribution in [2.24, 2.45) is 0 Å². The first-order valence-corrected chi connectivity index (χ1v) is 9.04. The maximum Gasteiger partial charge on any atom is 0.305 e. The van der Waals surface area contributed by atoms with E-state index in [0.717, 1.165) is 11.0 Å². The predicted octanol–water partition coefficient (Wildman–Crippen LogP) is 2.61. The van der Waals surface area contributed by atoms with Gasteiger partial charge < -0.3 is 14.6 Å². The number of fused-ring (bicyclic) bond motifs is 2. The maximum atomic E-state index is 12.7. The molecule has 1 aromatic heterocycles. The van der Waals surface area contributed by atoms with E-state index >= 15 is 0 Å². The van der Waals surface area contributed by atoms with Crippen LogP contribution in [0.2, 0.25) is 0 Å². The predicted molar refractivity (Wildman–Crippen MR) is 105 cm³/mol. The van der Waals surface area contributed by atoms with Crippen LogP contribution in [0.25, 0.3) is 21.8 Å². The molecule has 3 rings (SSSR count). The van der Waals surface area contributed by atoms with Crippen LogP contribution in [0.4, 0.5) is 0 Å². The Labute approximate surface area is 156 Å². The van der Waals surface area contributed by atoms with Crippen LogP contribution in [-0.2, 0) is 20.9 Å². The molecule has 0 unspecified atom stereocenters. The van der Waals surface area contributed by atoms with Gasteiger partial charge in [-0.15, -0.1) is 0 Å². The second kappa shape index (κ2) is 8.49. The molecular weight excluding hydrogens is 344 g/mol. The summed E-state index contributed by atoms with van der Waals surface area (Å²) >= 11 is 0. The second-order valence-corrected chi connectivity index (χ2v) is 6.21. The van der Waals surface area contributed by atoms with Crippen LogP contribution < -0.4 is 10.7 Å². The second-order valence-electron chi connectivity index (χ2n) is 6.21. The highest BCUT2D eigenvalue weighted by Gasteiger charge is 2.12. The van der Waals surface area contributed by atoms with Gasteiger partial charge in [0.05, 0.1) is 17.6 Å². The number of esters is 1. The molecule has 140 valence electrons. The van der Waals surface area contributed by atoms with E-state index in [1.165, 1.54) is 0 Å². The van der Waals surface area contributed by atoms with Gasteiger partial charge in [-0.25, -0.2) is 0 Å². The lowest BCUT2D eigenvalue weighted by Gasteiger charge is -2.15. The van der Waals surface area contributed by atoms with Crippen molar-refractivity contribution < 1.29 is 14.3 Å². The number of amides is 1. The van der Waals surface area contributed by atoms with Crippen LogP contribution in [0.3, 0.4) is 0 Å². The topological polar surface area (TPSA) is 77.4 Å². The molecule has 0 saturated carbocycles. The van der Waals surface area contributed by atoms with Crippen molar-refractivity contribution in [1.29, 1.82) is 0 Å². The van der Waals surface area contributed by atoms with Crippen molar-refractivity contribution in [2.45, 2.75) is 26.3 Å². The zero-order valence-electron chi connectivity index (χ0n) is 15.2. The van der Waals surface area contributed by atoms with E-state index in [2.05, 4.69) is 5.32 Å². The summed E-state index contributed by atoms with van der Waals surface area (Å²) in [6.45, 7) is 2.62. The molecule has 1 amide bonds. The Morgan fingerprint density at radius 2 is 1.59 bits per heavy atom. The Balaban J connectivity index is 1.79. The first-order valence-electron chi connectivity index (χ1n) is 9.04. The van der Waals surface area contributed by atoms with Gasteiger partial charge in [-0.3, -0.25) is 14.4 Å². The standard InChI is InChI=1S/C21H22N2O4/c1-2-27-20(25)12-7-13-22-19(24)14-23-17-10-5-3-8-15(17)21(26)16-9-4-6-11-18(16)23/h3-6,8-11H,2,7,12-14H2,1H3,(H,22,24). The lowest BCUT2D eigenvalue weighted by Crippen LogP contribution is -2.29. The number of aromatic nitrogens is 1. The van der Waals surface area contributed by atoms with Crippen molar-refractivity contribution in [3.63, 3.8) is 0 Å². The Morgan fingerprint density at radius 3 is 2.19 bits per heavy atom. The zero-order valence-corrected chi connectivity index (χ0v) is 15.2. The molecule has 6 nitrogen and oxygen atoms in total. The van der Waals surface area contributed by atoms with Gasteiger partial charge in [0.15, 0.2) is 5.43 Å². The fourth-order valence-corrected chi connectivity index (χ4v) is 3.14. The summed E-state index contributed by atoms with van der Waals surface area (Å²) in [5.74, 6) is -0.429. The maximum absolute atomic E-state index is 12.7. The minimum absolute atomic E-state index is 0.0349. The summed E-state index contributed by atoms with van der Waals surface area (Å²) in [6, 6.07) is 14.6. The smallest absolute Gasteiger partial charge is 0.305 e. The number of carbonyl (C=O) groups is 2. The van der Waals surface area contributed by atoms with Crippen molar-refractivity contribution in [2.75, 3.05) is 13.2 Å². The Bertz CT molecular complexity index is 979. The number of hydrogen-bond donors (Lipinski definition) is 1. The third kappa shape index (κ3) is 4.16. The SMILES string of the molecule is CCOC(=O)CCCNC(=O)Cn1c2ccccc2c(=O)c2ccccc21. The largest absolute Gasteiger partial charge is 0.466 e. The highest BCUT2D eigenvalue weighted by atomic mass is 16.5. The molecule has 0 aliphatic rings. The van der Waals surface area contributed by atoms with Gasteiger partial charge in [0.1, 0.15) is 6.54 Å². The Kier molecular flexibility index (Phi) is 5.86. The van der Waals surface area contributed by atoms with Crippen molar-refractivity contribution in [1.82, 2.24) is 9.88 Å². The van der Waals surface area contributed by atoms with Gasteiger partial charge in [-0.05, 0) is 37.6 Å². The summed E-state index contributed by atoms with van der Waals surface area (Å²) in [7, 11) is 0. The van der Waals surface area contributed by atoms with Crippen LogP contribution in [0.15, 0.2) is 53.3 Å². The third-order valence-electron chi connectivity index (χ3n) is 4.37. The number of para-hydroxylation sites is 2. The minimum atomic E-state index is -0.260. The van der Waals surface area contributed by atoms with Gasteiger partial charge in [0.2, 0.25) is 5.91 Å². The number of carbonyl (C=O) groups excluding carboxylic acids is 2. The molecular formula is C21H22N2O4. The molecule has 3 aromatic rings. The van der Waals surface area contributed by atoms with E-state index < -0.39 is 0 Å². The molecule has 6 heteroatoms. The van der Waals surface area contributed by atoms with Crippen LogP contribution in [-0.4, -0.2) is 29.6 Å². The minimum Gasteiger partial charge on any atom is -0.466 e. The summed E-state index contributed by atoms with van der Waals surface area (Å²) in [5.41, 5.74) is 1.41. The number of benzene rings is 2. The molecule has 0 saturated heterocycles. The fraction of sp³-hybridized carbons (Fsp3) is 0.286. The molecule has 0 aliphatic heterocycles. The van der Waals surface area contributed by atoms with Crippen LogP contribution in [0.5, 0.6) is 0 Å². The van der Waals surface area contributed by atoms with Gasteiger partial charge >= 0.3 is 5.97 Å². The average molecular weight is 366 g/mol. The normalized spacial score (nSPS) is 10.9. The summed E-state index contributed by atoms with van der Waals surface area (Å²) in [5, 5.41) is 4.01. The highest BCUT2D eigenvalue weighted by Crippen LogP contribution is 2.18. The first-order chi connectivity index (χ1) is 13.1.